The summed E-state index contributed by atoms with van der Waals surface area (Å²) in [6.45, 7) is 0. The van der Waals surface area contributed by atoms with Crippen LogP contribution in [0.25, 0.3) is 11.3 Å². The maximum absolute atomic E-state index is 11.3. The van der Waals surface area contributed by atoms with Crippen LogP contribution in [0.2, 0.25) is 0 Å². The van der Waals surface area contributed by atoms with Gasteiger partial charge in [-0.1, -0.05) is 30.0 Å². The minimum absolute atomic E-state index is 0.0196. The van der Waals surface area contributed by atoms with Gasteiger partial charge in [0.25, 0.3) is 11.4 Å². The Morgan fingerprint density at radius 1 is 0.833 bits per heavy atom. The lowest BCUT2D eigenvalue weighted by molar-refractivity contribution is -0.385. The van der Waals surface area contributed by atoms with Crippen LogP contribution in [0.15, 0.2) is 124 Å². The number of pyridine rings is 1. The third-order valence-electron chi connectivity index (χ3n) is 6.76. The summed E-state index contributed by atoms with van der Waals surface area (Å²) < 4.78 is 6.33. The summed E-state index contributed by atoms with van der Waals surface area (Å²) in [6, 6.07) is 29.2. The Balaban J connectivity index is 1.32. The molecule has 0 aliphatic carbocycles. The molecule has 0 spiro atoms. The average molecular weight is 596 g/mol. The third-order valence-corrected chi connectivity index (χ3v) is 8.09. The maximum Gasteiger partial charge on any atom is 0.270 e. The zero-order valence-electron chi connectivity index (χ0n) is 21.7. The van der Waals surface area contributed by atoms with E-state index in [2.05, 4.69) is 10.3 Å². The highest BCUT2D eigenvalue weighted by Crippen LogP contribution is 2.43. The molecular weight excluding hydrogens is 574 g/mol. The molecule has 1 N–H and O–H groups in total. The molecule has 2 atom stereocenters. The first kappa shape index (κ1) is 27.1. The number of nitrogens with one attached hydrogen (secondary N) is 1. The van der Waals surface area contributed by atoms with Gasteiger partial charge in [-0.3, -0.25) is 25.2 Å². The summed E-state index contributed by atoms with van der Waals surface area (Å²) in [5.41, 5.74) is 2.24. The van der Waals surface area contributed by atoms with Crippen LogP contribution in [0, 0.1) is 20.2 Å². The molecule has 6 rings (SSSR count). The van der Waals surface area contributed by atoms with Gasteiger partial charge in [-0.05, 0) is 72.9 Å². The van der Waals surface area contributed by atoms with Gasteiger partial charge in [0.05, 0.1) is 21.6 Å². The van der Waals surface area contributed by atoms with E-state index in [1.807, 2.05) is 53.4 Å². The molecule has 0 radical (unpaired) electrons. The Hall–Kier alpha value is -5.07. The highest BCUT2D eigenvalue weighted by atomic mass is 32.2. The molecular formula is C30H21N5O5S2. The van der Waals surface area contributed by atoms with Gasteiger partial charge in [0.2, 0.25) is 0 Å². The van der Waals surface area contributed by atoms with Crippen molar-refractivity contribution < 1.29 is 14.3 Å². The number of rotatable bonds is 8. The molecule has 1 saturated heterocycles. The number of nitro benzene ring substituents is 2. The quantitative estimate of drug-likeness (QED) is 0.109. The molecule has 0 saturated carbocycles. The SMILES string of the molecule is O=[N+]([O-])c1ccc(Sc2ccc(N3C(=S)N[C@@H](c4ccccn4)[C@H]3c3ccc(-c4cccc([N+](=O)[O-])c4)o3)cc2)cc1. The number of nitro groups is 2. The van der Waals surface area contributed by atoms with E-state index in [1.54, 1.807) is 36.5 Å². The van der Waals surface area contributed by atoms with E-state index in [4.69, 9.17) is 16.6 Å². The fourth-order valence-corrected chi connectivity index (χ4v) is 5.97. The molecule has 10 nitrogen and oxygen atoms in total. The Bertz CT molecular complexity index is 1780. The summed E-state index contributed by atoms with van der Waals surface area (Å²) in [6.07, 6.45) is 1.72. The first-order valence-electron chi connectivity index (χ1n) is 12.7. The Kier molecular flexibility index (Phi) is 7.38. The topological polar surface area (TPSA) is 128 Å². The van der Waals surface area contributed by atoms with Crippen LogP contribution in [0.1, 0.15) is 23.5 Å². The first-order valence-corrected chi connectivity index (χ1v) is 14.0. The highest BCUT2D eigenvalue weighted by molar-refractivity contribution is 7.99. The van der Waals surface area contributed by atoms with Crippen molar-refractivity contribution in [1.82, 2.24) is 10.3 Å². The second kappa shape index (κ2) is 11.4. The van der Waals surface area contributed by atoms with Gasteiger partial charge in [-0.15, -0.1) is 0 Å². The van der Waals surface area contributed by atoms with E-state index in [1.165, 1.54) is 36.0 Å². The number of hydrogen-bond acceptors (Lipinski definition) is 8. The van der Waals surface area contributed by atoms with Crippen LogP contribution in [0.5, 0.6) is 0 Å². The van der Waals surface area contributed by atoms with Crippen molar-refractivity contribution in [2.45, 2.75) is 21.9 Å². The summed E-state index contributed by atoms with van der Waals surface area (Å²) in [5, 5.41) is 26.2. The maximum atomic E-state index is 11.3. The lowest BCUT2D eigenvalue weighted by Gasteiger charge is -2.26. The molecule has 1 aliphatic heterocycles. The van der Waals surface area contributed by atoms with Gasteiger partial charge in [-0.2, -0.15) is 0 Å². The number of aromatic nitrogens is 1. The van der Waals surface area contributed by atoms with Gasteiger partial charge in [-0.25, -0.2) is 0 Å². The van der Waals surface area contributed by atoms with E-state index in [9.17, 15) is 20.2 Å². The molecule has 2 aromatic heterocycles. The van der Waals surface area contributed by atoms with Gasteiger partial charge >= 0.3 is 0 Å². The predicted octanol–water partition coefficient (Wildman–Crippen LogP) is 7.49. The van der Waals surface area contributed by atoms with Crippen LogP contribution in [0.4, 0.5) is 17.1 Å². The van der Waals surface area contributed by atoms with Crippen LogP contribution in [0.3, 0.4) is 0 Å². The highest BCUT2D eigenvalue weighted by Gasteiger charge is 2.42. The molecule has 1 aliphatic rings. The minimum Gasteiger partial charge on any atom is -0.459 e. The molecule has 208 valence electrons. The van der Waals surface area contributed by atoms with Crippen molar-refractivity contribution in [3.05, 3.63) is 141 Å². The molecule has 0 amide bonds. The van der Waals surface area contributed by atoms with E-state index in [-0.39, 0.29) is 17.4 Å². The molecule has 5 aromatic rings. The lowest BCUT2D eigenvalue weighted by Crippen LogP contribution is -2.29. The zero-order valence-corrected chi connectivity index (χ0v) is 23.3. The Morgan fingerprint density at radius 2 is 1.55 bits per heavy atom. The second-order valence-corrected chi connectivity index (χ2v) is 10.9. The van der Waals surface area contributed by atoms with Crippen molar-refractivity contribution in [3.63, 3.8) is 0 Å². The molecule has 42 heavy (non-hydrogen) atoms. The van der Waals surface area contributed by atoms with Gasteiger partial charge in [0.15, 0.2) is 5.11 Å². The van der Waals surface area contributed by atoms with E-state index in [0.29, 0.717) is 22.2 Å². The number of nitrogens with zero attached hydrogens (tertiary/aromatic N) is 4. The summed E-state index contributed by atoms with van der Waals surface area (Å²) in [5.74, 6) is 1.12. The number of non-ortho nitro benzene ring substituents is 2. The number of anilines is 1. The number of hydrogen-bond donors (Lipinski definition) is 1. The molecule has 0 bridgehead atoms. The van der Waals surface area contributed by atoms with Gasteiger partial charge in [0, 0.05) is 51.5 Å². The smallest absolute Gasteiger partial charge is 0.270 e. The van der Waals surface area contributed by atoms with E-state index in [0.717, 1.165) is 21.2 Å². The van der Waals surface area contributed by atoms with Crippen LogP contribution < -0.4 is 10.2 Å². The normalized spacial score (nSPS) is 16.3. The monoisotopic (exact) mass is 595 g/mol. The second-order valence-electron chi connectivity index (χ2n) is 9.35. The molecule has 3 heterocycles. The lowest BCUT2D eigenvalue weighted by atomic mass is 10.0. The van der Waals surface area contributed by atoms with Crippen molar-refractivity contribution in [3.8, 4) is 11.3 Å². The largest absolute Gasteiger partial charge is 0.459 e. The van der Waals surface area contributed by atoms with E-state index < -0.39 is 15.9 Å². The summed E-state index contributed by atoms with van der Waals surface area (Å²) in [4.78, 5) is 29.8. The van der Waals surface area contributed by atoms with Crippen molar-refractivity contribution in [1.29, 1.82) is 0 Å². The molecule has 0 unspecified atom stereocenters. The number of benzene rings is 3. The molecule has 12 heteroatoms. The standard InChI is InChI=1S/C30H21N5O5S2/c36-34(37)21-9-13-24(14-10-21)42-23-11-7-20(8-12-23)33-29(28(32-30(33)41)25-6-1-2-17-31-25)27-16-15-26(40-27)19-4-3-5-22(18-19)35(38)39/h1-18,28-29H,(H,32,41)/t28-,29+/m0/s1. The van der Waals surface area contributed by atoms with Crippen LogP contribution in [-0.4, -0.2) is 19.9 Å². The third kappa shape index (κ3) is 5.45. The van der Waals surface area contributed by atoms with Crippen molar-refractivity contribution >= 4 is 46.2 Å². The molecule has 1 fully saturated rings. The predicted molar refractivity (Wildman–Crippen MR) is 162 cm³/mol. The van der Waals surface area contributed by atoms with Crippen LogP contribution in [-0.2, 0) is 0 Å². The minimum atomic E-state index is -0.435. The Labute approximate surface area is 249 Å². The van der Waals surface area contributed by atoms with Crippen molar-refractivity contribution in [2.75, 3.05) is 4.90 Å². The number of thiocarbonyl (C=S) groups is 1. The zero-order chi connectivity index (χ0) is 29.2. The first-order chi connectivity index (χ1) is 20.4. The van der Waals surface area contributed by atoms with E-state index >= 15 is 0 Å². The van der Waals surface area contributed by atoms with Crippen LogP contribution >= 0.6 is 24.0 Å². The number of furan rings is 1. The van der Waals surface area contributed by atoms with Gasteiger partial charge in [0.1, 0.15) is 17.6 Å². The average Bonchev–Trinajstić information content (AvgIpc) is 3.63. The summed E-state index contributed by atoms with van der Waals surface area (Å²) >= 11 is 7.30. The fraction of sp³-hybridized carbons (Fsp3) is 0.0667. The summed E-state index contributed by atoms with van der Waals surface area (Å²) in [7, 11) is 0. The molecule has 3 aromatic carbocycles. The Morgan fingerprint density at radius 3 is 2.21 bits per heavy atom. The van der Waals surface area contributed by atoms with Gasteiger partial charge < -0.3 is 14.6 Å². The fourth-order valence-electron chi connectivity index (χ4n) is 4.81. The van der Waals surface area contributed by atoms with Crippen molar-refractivity contribution in [2.24, 2.45) is 0 Å².